The molecule has 134 valence electrons. The Morgan fingerprint density at radius 3 is 2.68 bits per heavy atom. The number of hydrogen-bond acceptors (Lipinski definition) is 4. The number of furan rings is 1. The quantitative estimate of drug-likeness (QED) is 0.649. The van der Waals surface area contributed by atoms with E-state index in [-0.39, 0.29) is 24.3 Å². The standard InChI is InChI=1S/C19H24N2O4/c1-15(21-19(23)16-7-3-2-4-8-16)13-18(22)20-10-6-11-24-14-17-9-5-12-25-17/h2-5,7-9,12,15H,6,10-11,13-14H2,1H3,(H,20,22)(H,21,23). The molecule has 2 aromatic rings. The van der Waals surface area contributed by atoms with Crippen molar-refractivity contribution in [2.75, 3.05) is 13.2 Å². The lowest BCUT2D eigenvalue weighted by Crippen LogP contribution is -2.37. The van der Waals surface area contributed by atoms with Gasteiger partial charge in [0.25, 0.3) is 5.91 Å². The zero-order valence-electron chi connectivity index (χ0n) is 14.4. The van der Waals surface area contributed by atoms with Crippen molar-refractivity contribution in [3.63, 3.8) is 0 Å². The third-order valence-electron chi connectivity index (χ3n) is 3.52. The molecule has 1 heterocycles. The molecule has 0 fully saturated rings. The molecule has 0 aliphatic carbocycles. The summed E-state index contributed by atoms with van der Waals surface area (Å²) in [5.41, 5.74) is 0.587. The molecule has 2 amide bonds. The highest BCUT2D eigenvalue weighted by Crippen LogP contribution is 2.02. The van der Waals surface area contributed by atoms with E-state index in [2.05, 4.69) is 10.6 Å². The molecule has 25 heavy (non-hydrogen) atoms. The van der Waals surface area contributed by atoms with Gasteiger partial charge in [0.2, 0.25) is 5.91 Å². The molecule has 1 aromatic heterocycles. The van der Waals surface area contributed by atoms with Gasteiger partial charge in [0.15, 0.2) is 0 Å². The molecule has 1 atom stereocenters. The van der Waals surface area contributed by atoms with Gasteiger partial charge in [-0.2, -0.15) is 0 Å². The van der Waals surface area contributed by atoms with Crippen LogP contribution in [0.15, 0.2) is 53.1 Å². The molecular formula is C19H24N2O4. The van der Waals surface area contributed by atoms with E-state index in [1.807, 2.05) is 25.1 Å². The van der Waals surface area contributed by atoms with Crippen molar-refractivity contribution in [2.24, 2.45) is 0 Å². The fourth-order valence-electron chi connectivity index (χ4n) is 2.27. The fraction of sp³-hybridized carbons (Fsp3) is 0.368. The van der Waals surface area contributed by atoms with Crippen molar-refractivity contribution >= 4 is 11.8 Å². The van der Waals surface area contributed by atoms with Crippen LogP contribution in [-0.4, -0.2) is 31.0 Å². The molecule has 6 heteroatoms. The molecule has 6 nitrogen and oxygen atoms in total. The lowest BCUT2D eigenvalue weighted by atomic mass is 10.1. The Morgan fingerprint density at radius 2 is 1.96 bits per heavy atom. The van der Waals surface area contributed by atoms with Crippen LogP contribution in [0.25, 0.3) is 0 Å². The lowest BCUT2D eigenvalue weighted by molar-refractivity contribution is -0.121. The summed E-state index contributed by atoms with van der Waals surface area (Å²) in [6.07, 6.45) is 2.57. The number of nitrogens with one attached hydrogen (secondary N) is 2. The second-order valence-corrected chi connectivity index (χ2v) is 5.78. The second-order valence-electron chi connectivity index (χ2n) is 5.78. The summed E-state index contributed by atoms with van der Waals surface area (Å²) in [7, 11) is 0. The zero-order valence-corrected chi connectivity index (χ0v) is 14.4. The minimum atomic E-state index is -0.233. The SMILES string of the molecule is CC(CC(=O)NCCCOCc1ccco1)NC(=O)c1ccccc1. The van der Waals surface area contributed by atoms with Gasteiger partial charge in [0.05, 0.1) is 6.26 Å². The molecule has 1 unspecified atom stereocenters. The van der Waals surface area contributed by atoms with Gasteiger partial charge in [-0.25, -0.2) is 0 Å². The highest BCUT2D eigenvalue weighted by atomic mass is 16.5. The van der Waals surface area contributed by atoms with Gasteiger partial charge in [0.1, 0.15) is 12.4 Å². The van der Waals surface area contributed by atoms with Crippen molar-refractivity contribution in [1.82, 2.24) is 10.6 Å². The summed E-state index contributed by atoms with van der Waals surface area (Å²) in [6, 6.07) is 12.4. The smallest absolute Gasteiger partial charge is 0.251 e. The highest BCUT2D eigenvalue weighted by Gasteiger charge is 2.12. The second kappa shape index (κ2) is 10.3. The third kappa shape index (κ3) is 7.22. The maximum absolute atomic E-state index is 12.0. The molecular weight excluding hydrogens is 320 g/mol. The van der Waals surface area contributed by atoms with Crippen molar-refractivity contribution in [3.8, 4) is 0 Å². The highest BCUT2D eigenvalue weighted by molar-refractivity contribution is 5.94. The maximum Gasteiger partial charge on any atom is 0.251 e. The lowest BCUT2D eigenvalue weighted by Gasteiger charge is -2.14. The summed E-state index contributed by atoms with van der Waals surface area (Å²) in [6.45, 7) is 3.33. The van der Waals surface area contributed by atoms with Gasteiger partial charge >= 0.3 is 0 Å². The van der Waals surface area contributed by atoms with Crippen molar-refractivity contribution in [2.45, 2.75) is 32.4 Å². The number of benzene rings is 1. The Hall–Kier alpha value is -2.60. The van der Waals surface area contributed by atoms with Crippen LogP contribution >= 0.6 is 0 Å². The first-order valence-corrected chi connectivity index (χ1v) is 8.38. The number of hydrogen-bond donors (Lipinski definition) is 2. The van der Waals surface area contributed by atoms with Crippen LogP contribution in [-0.2, 0) is 16.1 Å². The zero-order chi connectivity index (χ0) is 17.9. The van der Waals surface area contributed by atoms with E-state index in [0.29, 0.717) is 25.3 Å². The maximum atomic E-state index is 12.0. The average Bonchev–Trinajstić information content (AvgIpc) is 3.12. The number of carbonyl (C=O) groups is 2. The van der Waals surface area contributed by atoms with Crippen molar-refractivity contribution < 1.29 is 18.7 Å². The van der Waals surface area contributed by atoms with E-state index >= 15 is 0 Å². The van der Waals surface area contributed by atoms with Crippen molar-refractivity contribution in [1.29, 1.82) is 0 Å². The largest absolute Gasteiger partial charge is 0.467 e. The predicted molar refractivity (Wildman–Crippen MR) is 94.0 cm³/mol. The first kappa shape index (κ1) is 18.7. The van der Waals surface area contributed by atoms with Crippen LogP contribution in [0.1, 0.15) is 35.9 Å². The summed E-state index contributed by atoms with van der Waals surface area (Å²) >= 11 is 0. The third-order valence-corrected chi connectivity index (χ3v) is 3.52. The average molecular weight is 344 g/mol. The first-order chi connectivity index (χ1) is 12.1. The van der Waals surface area contributed by atoms with Crippen LogP contribution in [0.2, 0.25) is 0 Å². The summed E-state index contributed by atoms with van der Waals surface area (Å²) in [4.78, 5) is 23.9. The van der Waals surface area contributed by atoms with Gasteiger partial charge in [0, 0.05) is 31.2 Å². The Kier molecular flexibility index (Phi) is 7.72. The van der Waals surface area contributed by atoms with Crippen LogP contribution < -0.4 is 10.6 Å². The van der Waals surface area contributed by atoms with E-state index in [1.165, 1.54) is 0 Å². The van der Waals surface area contributed by atoms with E-state index in [4.69, 9.17) is 9.15 Å². The van der Waals surface area contributed by atoms with Gasteiger partial charge in [-0.15, -0.1) is 0 Å². The molecule has 2 rings (SSSR count). The van der Waals surface area contributed by atoms with Crippen LogP contribution in [0, 0.1) is 0 Å². The molecule has 0 saturated carbocycles. The number of carbonyl (C=O) groups excluding carboxylic acids is 2. The van der Waals surface area contributed by atoms with Crippen LogP contribution in [0.4, 0.5) is 0 Å². The molecule has 0 radical (unpaired) electrons. The molecule has 0 spiro atoms. The summed E-state index contributed by atoms with van der Waals surface area (Å²) < 4.78 is 10.6. The van der Waals surface area contributed by atoms with Gasteiger partial charge in [-0.05, 0) is 37.6 Å². The van der Waals surface area contributed by atoms with Gasteiger partial charge in [-0.1, -0.05) is 18.2 Å². The molecule has 0 saturated heterocycles. The van der Waals surface area contributed by atoms with E-state index in [1.54, 1.807) is 30.5 Å². The first-order valence-electron chi connectivity index (χ1n) is 8.38. The predicted octanol–water partition coefficient (Wildman–Crippen LogP) is 2.51. The summed E-state index contributed by atoms with van der Waals surface area (Å²) in [5, 5.41) is 5.65. The number of ether oxygens (including phenoxy) is 1. The topological polar surface area (TPSA) is 80.6 Å². The fourth-order valence-corrected chi connectivity index (χ4v) is 2.27. The van der Waals surface area contributed by atoms with Crippen LogP contribution in [0.5, 0.6) is 0 Å². The number of rotatable bonds is 10. The van der Waals surface area contributed by atoms with E-state index in [0.717, 1.165) is 12.2 Å². The normalized spacial score (nSPS) is 11.7. The molecule has 1 aromatic carbocycles. The number of amides is 2. The van der Waals surface area contributed by atoms with Crippen LogP contribution in [0.3, 0.4) is 0 Å². The minimum Gasteiger partial charge on any atom is -0.467 e. The Bertz CT molecular complexity index is 641. The molecule has 0 aliphatic heterocycles. The van der Waals surface area contributed by atoms with Crippen molar-refractivity contribution in [3.05, 3.63) is 60.1 Å². The Labute approximate surface area is 147 Å². The minimum absolute atomic E-state index is 0.0908. The molecule has 0 aliphatic rings. The van der Waals surface area contributed by atoms with E-state index in [9.17, 15) is 9.59 Å². The summed E-state index contributed by atoms with van der Waals surface area (Å²) in [5.74, 6) is 0.520. The monoisotopic (exact) mass is 344 g/mol. The Balaban J connectivity index is 1.54. The Morgan fingerprint density at radius 1 is 1.16 bits per heavy atom. The van der Waals surface area contributed by atoms with E-state index < -0.39 is 0 Å². The molecule has 2 N–H and O–H groups in total. The van der Waals surface area contributed by atoms with Gasteiger partial charge in [-0.3, -0.25) is 9.59 Å². The molecule has 0 bridgehead atoms. The van der Waals surface area contributed by atoms with Gasteiger partial charge < -0.3 is 19.8 Å².